The molecule has 2 aromatic rings. The number of fused-ring (bicyclic) bond motifs is 1. The van der Waals surface area contributed by atoms with Crippen LogP contribution in [0.15, 0.2) is 12.1 Å². The molecule has 1 aromatic heterocycles. The van der Waals surface area contributed by atoms with Crippen LogP contribution < -0.4 is 5.73 Å². The summed E-state index contributed by atoms with van der Waals surface area (Å²) in [4.78, 5) is 4.22. The van der Waals surface area contributed by atoms with Gasteiger partial charge in [0, 0.05) is 18.7 Å². The number of aryl methyl sites for hydroxylation is 2. The normalized spacial score (nSPS) is 11.3. The van der Waals surface area contributed by atoms with Crippen molar-refractivity contribution >= 4 is 11.0 Å². The number of halogens is 2. The lowest BCUT2D eigenvalue weighted by Crippen LogP contribution is -2.04. The van der Waals surface area contributed by atoms with Crippen LogP contribution in [0.1, 0.15) is 18.7 Å². The summed E-state index contributed by atoms with van der Waals surface area (Å²) in [6, 6.07) is 2.34. The van der Waals surface area contributed by atoms with E-state index in [4.69, 9.17) is 5.73 Å². The van der Waals surface area contributed by atoms with Crippen LogP contribution >= 0.6 is 0 Å². The zero-order valence-corrected chi connectivity index (χ0v) is 9.71. The highest BCUT2D eigenvalue weighted by Crippen LogP contribution is 2.20. The Bertz CT molecular complexity index is 534. The average molecular weight is 239 g/mol. The second-order valence-electron chi connectivity index (χ2n) is 4.06. The third kappa shape index (κ3) is 2.29. The molecule has 0 amide bonds. The lowest BCUT2D eigenvalue weighted by Gasteiger charge is -2.06. The molecular weight excluding hydrogens is 224 g/mol. The average Bonchev–Trinajstić information content (AvgIpc) is 2.57. The Kier molecular flexibility index (Phi) is 3.38. The molecule has 3 nitrogen and oxygen atoms in total. The zero-order valence-electron chi connectivity index (χ0n) is 9.71. The van der Waals surface area contributed by atoms with Gasteiger partial charge >= 0.3 is 0 Å². The molecule has 0 aliphatic carbocycles. The van der Waals surface area contributed by atoms with Gasteiger partial charge in [0.15, 0.2) is 11.6 Å². The van der Waals surface area contributed by atoms with Crippen molar-refractivity contribution in [2.24, 2.45) is 5.73 Å². The molecule has 0 bridgehead atoms. The lowest BCUT2D eigenvalue weighted by molar-refractivity contribution is 0.510. The zero-order chi connectivity index (χ0) is 12.4. The van der Waals surface area contributed by atoms with Crippen LogP contribution in [-0.2, 0) is 6.54 Å². The molecule has 0 unspecified atom stereocenters. The van der Waals surface area contributed by atoms with Gasteiger partial charge in [0.25, 0.3) is 0 Å². The van der Waals surface area contributed by atoms with Gasteiger partial charge in [-0.1, -0.05) is 0 Å². The van der Waals surface area contributed by atoms with E-state index in [9.17, 15) is 8.78 Å². The predicted octanol–water partition coefficient (Wildman–Crippen LogP) is 2.36. The summed E-state index contributed by atoms with van der Waals surface area (Å²) in [5.74, 6) is -0.927. The van der Waals surface area contributed by atoms with Gasteiger partial charge in [-0.3, -0.25) is 0 Å². The van der Waals surface area contributed by atoms with E-state index in [-0.39, 0.29) is 0 Å². The van der Waals surface area contributed by atoms with E-state index in [1.165, 1.54) is 6.07 Å². The summed E-state index contributed by atoms with van der Waals surface area (Å²) in [6.45, 7) is 3.19. The minimum atomic E-state index is -0.857. The van der Waals surface area contributed by atoms with Crippen molar-refractivity contribution in [1.29, 1.82) is 0 Å². The number of hydrogen-bond donors (Lipinski definition) is 1. The van der Waals surface area contributed by atoms with Crippen molar-refractivity contribution in [1.82, 2.24) is 9.55 Å². The van der Waals surface area contributed by atoms with E-state index in [0.29, 0.717) is 17.6 Å². The van der Waals surface area contributed by atoms with Crippen LogP contribution in [0.5, 0.6) is 0 Å². The molecule has 0 saturated heterocycles. The first-order valence-corrected chi connectivity index (χ1v) is 5.65. The summed E-state index contributed by atoms with van der Waals surface area (Å²) in [6.07, 6.45) is 1.81. The number of benzene rings is 1. The van der Waals surface area contributed by atoms with E-state index in [0.717, 1.165) is 31.3 Å². The molecule has 0 spiro atoms. The van der Waals surface area contributed by atoms with Crippen LogP contribution in [0.4, 0.5) is 8.78 Å². The van der Waals surface area contributed by atoms with Gasteiger partial charge in [0.1, 0.15) is 5.82 Å². The second kappa shape index (κ2) is 4.79. The number of imidazole rings is 1. The van der Waals surface area contributed by atoms with Crippen LogP contribution in [-0.4, -0.2) is 16.1 Å². The largest absolute Gasteiger partial charge is 0.330 e. The number of rotatable bonds is 4. The molecule has 17 heavy (non-hydrogen) atoms. The van der Waals surface area contributed by atoms with Gasteiger partial charge in [-0.15, -0.1) is 0 Å². The van der Waals surface area contributed by atoms with Gasteiger partial charge in [0.05, 0.1) is 11.0 Å². The fraction of sp³-hybridized carbons (Fsp3) is 0.417. The number of unbranched alkanes of at least 4 members (excludes halogenated alkanes) is 1. The topological polar surface area (TPSA) is 43.8 Å². The minimum absolute atomic E-state index is 0.495. The van der Waals surface area contributed by atoms with Crippen LogP contribution in [0.2, 0.25) is 0 Å². The maximum absolute atomic E-state index is 13.2. The Morgan fingerprint density at radius 2 is 1.94 bits per heavy atom. The van der Waals surface area contributed by atoms with Crippen LogP contribution in [0, 0.1) is 18.6 Å². The predicted molar refractivity (Wildman–Crippen MR) is 62.7 cm³/mol. The van der Waals surface area contributed by atoms with E-state index >= 15 is 0 Å². The van der Waals surface area contributed by atoms with E-state index < -0.39 is 11.6 Å². The van der Waals surface area contributed by atoms with Crippen LogP contribution in [0.3, 0.4) is 0 Å². The molecule has 5 heteroatoms. The molecule has 0 atom stereocenters. The SMILES string of the molecule is Cc1nc2cc(F)c(F)cc2n1CCCCN. The third-order valence-electron chi connectivity index (χ3n) is 2.82. The van der Waals surface area contributed by atoms with Crippen molar-refractivity contribution in [3.05, 3.63) is 29.6 Å². The fourth-order valence-corrected chi connectivity index (χ4v) is 1.94. The van der Waals surface area contributed by atoms with Crippen molar-refractivity contribution in [3.63, 3.8) is 0 Å². The van der Waals surface area contributed by atoms with Gasteiger partial charge in [-0.2, -0.15) is 0 Å². The summed E-state index contributed by atoms with van der Waals surface area (Å²) < 4.78 is 28.1. The molecule has 2 rings (SSSR count). The number of aromatic nitrogens is 2. The Labute approximate surface area is 98.2 Å². The molecule has 0 aliphatic heterocycles. The molecule has 1 heterocycles. The number of nitrogens with two attached hydrogens (primary N) is 1. The Morgan fingerprint density at radius 1 is 1.24 bits per heavy atom. The van der Waals surface area contributed by atoms with Crippen molar-refractivity contribution < 1.29 is 8.78 Å². The van der Waals surface area contributed by atoms with Gasteiger partial charge in [0.2, 0.25) is 0 Å². The Morgan fingerprint density at radius 3 is 2.65 bits per heavy atom. The van der Waals surface area contributed by atoms with E-state index in [1.807, 2.05) is 11.5 Å². The quantitative estimate of drug-likeness (QED) is 0.832. The molecule has 0 fully saturated rings. The number of nitrogens with zero attached hydrogens (tertiary/aromatic N) is 2. The van der Waals surface area contributed by atoms with Gasteiger partial charge in [-0.05, 0) is 26.3 Å². The first kappa shape index (κ1) is 12.0. The highest BCUT2D eigenvalue weighted by molar-refractivity contribution is 5.76. The molecule has 1 aromatic carbocycles. The molecule has 0 radical (unpaired) electrons. The summed E-state index contributed by atoms with van der Waals surface area (Å²) in [7, 11) is 0. The Balaban J connectivity index is 2.40. The molecule has 0 aliphatic rings. The molecular formula is C12H15F2N3. The third-order valence-corrected chi connectivity index (χ3v) is 2.82. The van der Waals surface area contributed by atoms with Crippen molar-refractivity contribution in [2.75, 3.05) is 6.54 Å². The number of hydrogen-bond acceptors (Lipinski definition) is 2. The molecule has 2 N–H and O–H groups in total. The highest BCUT2D eigenvalue weighted by Gasteiger charge is 2.11. The van der Waals surface area contributed by atoms with E-state index in [2.05, 4.69) is 4.98 Å². The van der Waals surface area contributed by atoms with Crippen molar-refractivity contribution in [2.45, 2.75) is 26.3 Å². The maximum atomic E-state index is 13.2. The summed E-state index contributed by atoms with van der Waals surface area (Å²) >= 11 is 0. The van der Waals surface area contributed by atoms with Crippen LogP contribution in [0.25, 0.3) is 11.0 Å². The maximum Gasteiger partial charge on any atom is 0.161 e. The van der Waals surface area contributed by atoms with Gasteiger partial charge in [-0.25, -0.2) is 13.8 Å². The molecule has 0 saturated carbocycles. The van der Waals surface area contributed by atoms with E-state index in [1.54, 1.807) is 0 Å². The summed E-state index contributed by atoms with van der Waals surface area (Å²) in [5.41, 5.74) is 6.56. The first-order valence-electron chi connectivity index (χ1n) is 5.65. The monoisotopic (exact) mass is 239 g/mol. The van der Waals surface area contributed by atoms with Gasteiger partial charge < -0.3 is 10.3 Å². The standard InChI is InChI=1S/C12H15F2N3/c1-8-16-11-6-9(13)10(14)7-12(11)17(8)5-3-2-4-15/h6-7H,2-5,15H2,1H3. The first-order chi connectivity index (χ1) is 8.13. The Hall–Kier alpha value is -1.49. The summed E-state index contributed by atoms with van der Waals surface area (Å²) in [5, 5.41) is 0. The highest BCUT2D eigenvalue weighted by atomic mass is 19.2. The van der Waals surface area contributed by atoms with Crippen molar-refractivity contribution in [3.8, 4) is 0 Å². The fourth-order valence-electron chi connectivity index (χ4n) is 1.94. The lowest BCUT2D eigenvalue weighted by atomic mass is 10.2. The second-order valence-corrected chi connectivity index (χ2v) is 4.06. The smallest absolute Gasteiger partial charge is 0.161 e. The minimum Gasteiger partial charge on any atom is -0.330 e. The molecule has 92 valence electrons.